The van der Waals surface area contributed by atoms with Crippen molar-refractivity contribution in [3.05, 3.63) is 34.9 Å². The molecule has 1 fully saturated rings. The Morgan fingerprint density at radius 2 is 1.90 bits per heavy atom. The molecular weight excluding hydrogens is 268 g/mol. The van der Waals surface area contributed by atoms with Gasteiger partial charge < -0.3 is 10.2 Å². The standard InChI is InChI=1S/C17H27ClN2/c1-12(2)17(14-5-7-15(18)8-6-14)19-16-9-10-20(4)13(3)11-16/h5-8,12-13,16-17,19H,9-11H2,1-4H3. The van der Waals surface area contributed by atoms with Crippen molar-refractivity contribution in [2.45, 2.75) is 51.7 Å². The molecule has 1 aromatic rings. The van der Waals surface area contributed by atoms with Crippen molar-refractivity contribution in [3.8, 4) is 0 Å². The lowest BCUT2D eigenvalue weighted by atomic mass is 9.92. The summed E-state index contributed by atoms with van der Waals surface area (Å²) in [5.74, 6) is 0.575. The Labute approximate surface area is 128 Å². The van der Waals surface area contributed by atoms with Crippen molar-refractivity contribution in [2.24, 2.45) is 5.92 Å². The maximum Gasteiger partial charge on any atom is 0.0406 e. The summed E-state index contributed by atoms with van der Waals surface area (Å²) in [5.41, 5.74) is 1.34. The second-order valence-electron chi connectivity index (χ2n) is 6.49. The topological polar surface area (TPSA) is 15.3 Å². The average molecular weight is 295 g/mol. The van der Waals surface area contributed by atoms with Gasteiger partial charge >= 0.3 is 0 Å². The molecule has 3 unspecified atom stereocenters. The Morgan fingerprint density at radius 1 is 1.25 bits per heavy atom. The normalized spacial score (nSPS) is 25.9. The number of benzene rings is 1. The zero-order valence-corrected chi connectivity index (χ0v) is 13.8. The molecule has 0 radical (unpaired) electrons. The van der Waals surface area contributed by atoms with Gasteiger partial charge in [-0.15, -0.1) is 0 Å². The summed E-state index contributed by atoms with van der Waals surface area (Å²) in [6, 6.07) is 9.98. The highest BCUT2D eigenvalue weighted by atomic mass is 35.5. The molecule has 0 amide bonds. The molecule has 3 atom stereocenters. The summed E-state index contributed by atoms with van der Waals surface area (Å²) in [6.45, 7) is 8.07. The van der Waals surface area contributed by atoms with Gasteiger partial charge in [0.15, 0.2) is 0 Å². The van der Waals surface area contributed by atoms with Crippen LogP contribution in [0.3, 0.4) is 0 Å². The second-order valence-corrected chi connectivity index (χ2v) is 6.93. The number of rotatable bonds is 4. The molecule has 1 N–H and O–H groups in total. The van der Waals surface area contributed by atoms with Gasteiger partial charge in [-0.2, -0.15) is 0 Å². The summed E-state index contributed by atoms with van der Waals surface area (Å²) in [4.78, 5) is 2.45. The van der Waals surface area contributed by atoms with Gasteiger partial charge in [-0.25, -0.2) is 0 Å². The molecule has 112 valence electrons. The number of hydrogen-bond donors (Lipinski definition) is 1. The third-order valence-electron chi connectivity index (χ3n) is 4.52. The Hall–Kier alpha value is -0.570. The van der Waals surface area contributed by atoms with Gasteiger partial charge in [0.25, 0.3) is 0 Å². The van der Waals surface area contributed by atoms with E-state index in [1.165, 1.54) is 24.9 Å². The lowest BCUT2D eigenvalue weighted by Crippen LogP contribution is -2.47. The van der Waals surface area contributed by atoms with Crippen molar-refractivity contribution < 1.29 is 0 Å². The van der Waals surface area contributed by atoms with Crippen molar-refractivity contribution in [3.63, 3.8) is 0 Å². The zero-order valence-electron chi connectivity index (χ0n) is 13.1. The summed E-state index contributed by atoms with van der Waals surface area (Å²) in [6.07, 6.45) is 2.46. The molecule has 2 rings (SSSR count). The van der Waals surface area contributed by atoms with Crippen LogP contribution in [0, 0.1) is 5.92 Å². The lowest BCUT2D eigenvalue weighted by molar-refractivity contribution is 0.157. The fourth-order valence-electron chi connectivity index (χ4n) is 3.04. The minimum absolute atomic E-state index is 0.410. The van der Waals surface area contributed by atoms with Crippen molar-refractivity contribution >= 4 is 11.6 Å². The van der Waals surface area contributed by atoms with Crippen LogP contribution in [0.15, 0.2) is 24.3 Å². The molecule has 1 aliphatic heterocycles. The minimum atomic E-state index is 0.410. The van der Waals surface area contributed by atoms with Crippen molar-refractivity contribution in [1.82, 2.24) is 10.2 Å². The lowest BCUT2D eigenvalue weighted by Gasteiger charge is -2.38. The van der Waals surface area contributed by atoms with Crippen LogP contribution in [0.5, 0.6) is 0 Å². The third kappa shape index (κ3) is 3.97. The van der Waals surface area contributed by atoms with E-state index in [1.54, 1.807) is 0 Å². The molecule has 1 saturated heterocycles. The van der Waals surface area contributed by atoms with Gasteiger partial charge in [0, 0.05) is 23.1 Å². The van der Waals surface area contributed by atoms with Gasteiger partial charge in [0.05, 0.1) is 0 Å². The number of nitrogens with zero attached hydrogens (tertiary/aromatic N) is 1. The van der Waals surface area contributed by atoms with E-state index in [0.29, 0.717) is 24.0 Å². The van der Waals surface area contributed by atoms with Crippen LogP contribution in [0.4, 0.5) is 0 Å². The van der Waals surface area contributed by atoms with E-state index in [1.807, 2.05) is 12.1 Å². The number of piperidine rings is 1. The fourth-order valence-corrected chi connectivity index (χ4v) is 3.16. The Morgan fingerprint density at radius 3 is 2.45 bits per heavy atom. The molecule has 0 bridgehead atoms. The first-order chi connectivity index (χ1) is 9.47. The van der Waals surface area contributed by atoms with E-state index in [0.717, 1.165) is 5.02 Å². The van der Waals surface area contributed by atoms with Gasteiger partial charge in [0.2, 0.25) is 0 Å². The van der Waals surface area contributed by atoms with Crippen LogP contribution in [0.1, 0.15) is 45.2 Å². The molecule has 20 heavy (non-hydrogen) atoms. The molecule has 0 aliphatic carbocycles. The van der Waals surface area contributed by atoms with E-state index in [2.05, 4.69) is 50.2 Å². The number of hydrogen-bond acceptors (Lipinski definition) is 2. The average Bonchev–Trinajstić information content (AvgIpc) is 2.41. The fraction of sp³-hybridized carbons (Fsp3) is 0.647. The summed E-state index contributed by atoms with van der Waals surface area (Å²) in [7, 11) is 2.22. The van der Waals surface area contributed by atoms with Gasteiger partial charge in [-0.05, 0) is 57.0 Å². The highest BCUT2D eigenvalue weighted by molar-refractivity contribution is 6.30. The summed E-state index contributed by atoms with van der Waals surface area (Å²) in [5, 5.41) is 4.68. The first-order valence-corrected chi connectivity index (χ1v) is 8.07. The maximum atomic E-state index is 6.00. The summed E-state index contributed by atoms with van der Waals surface area (Å²) >= 11 is 6.00. The predicted molar refractivity (Wildman–Crippen MR) is 87.3 cm³/mol. The van der Waals surface area contributed by atoms with E-state index >= 15 is 0 Å². The first-order valence-electron chi connectivity index (χ1n) is 7.69. The predicted octanol–water partition coefficient (Wildman–Crippen LogP) is 4.11. The third-order valence-corrected chi connectivity index (χ3v) is 4.77. The molecular formula is C17H27ClN2. The van der Waals surface area contributed by atoms with Gasteiger partial charge in [-0.1, -0.05) is 37.6 Å². The minimum Gasteiger partial charge on any atom is -0.307 e. The highest BCUT2D eigenvalue weighted by Gasteiger charge is 2.26. The maximum absolute atomic E-state index is 6.00. The van der Waals surface area contributed by atoms with Crippen LogP contribution in [0.25, 0.3) is 0 Å². The largest absolute Gasteiger partial charge is 0.307 e. The molecule has 3 heteroatoms. The monoisotopic (exact) mass is 294 g/mol. The quantitative estimate of drug-likeness (QED) is 0.899. The molecule has 0 saturated carbocycles. The highest BCUT2D eigenvalue weighted by Crippen LogP contribution is 2.26. The van der Waals surface area contributed by atoms with E-state index in [-0.39, 0.29) is 0 Å². The van der Waals surface area contributed by atoms with E-state index in [9.17, 15) is 0 Å². The Balaban J connectivity index is 2.04. The van der Waals surface area contributed by atoms with Crippen LogP contribution in [-0.4, -0.2) is 30.6 Å². The molecule has 1 heterocycles. The Bertz CT molecular complexity index is 416. The number of halogens is 1. The van der Waals surface area contributed by atoms with Gasteiger partial charge in [-0.3, -0.25) is 0 Å². The summed E-state index contributed by atoms with van der Waals surface area (Å²) < 4.78 is 0. The molecule has 1 aromatic carbocycles. The number of likely N-dealkylation sites (tertiary alicyclic amines) is 1. The molecule has 1 aliphatic rings. The van der Waals surface area contributed by atoms with Crippen molar-refractivity contribution in [2.75, 3.05) is 13.6 Å². The van der Waals surface area contributed by atoms with Crippen LogP contribution in [0.2, 0.25) is 5.02 Å². The molecule has 0 aromatic heterocycles. The van der Waals surface area contributed by atoms with Crippen LogP contribution in [-0.2, 0) is 0 Å². The molecule has 2 nitrogen and oxygen atoms in total. The van der Waals surface area contributed by atoms with E-state index < -0.39 is 0 Å². The number of nitrogens with one attached hydrogen (secondary N) is 1. The first kappa shape index (κ1) is 15.8. The zero-order chi connectivity index (χ0) is 14.7. The SMILES string of the molecule is CC(C)C(NC1CCN(C)C(C)C1)c1ccc(Cl)cc1. The second kappa shape index (κ2) is 6.93. The Kier molecular flexibility index (Phi) is 5.48. The smallest absolute Gasteiger partial charge is 0.0406 e. The van der Waals surface area contributed by atoms with Crippen LogP contribution >= 0.6 is 11.6 Å². The van der Waals surface area contributed by atoms with Gasteiger partial charge in [0.1, 0.15) is 0 Å². The van der Waals surface area contributed by atoms with Crippen LogP contribution < -0.4 is 5.32 Å². The van der Waals surface area contributed by atoms with Crippen molar-refractivity contribution in [1.29, 1.82) is 0 Å². The van der Waals surface area contributed by atoms with E-state index in [4.69, 9.17) is 11.6 Å². The molecule has 0 spiro atoms.